The number of amides is 1. The van der Waals surface area contributed by atoms with Gasteiger partial charge in [-0.15, -0.1) is 0 Å². The van der Waals surface area contributed by atoms with Crippen LogP contribution >= 0.6 is 0 Å². The molecule has 0 aliphatic carbocycles. The van der Waals surface area contributed by atoms with Crippen LogP contribution in [-0.4, -0.2) is 38.3 Å². The topological polar surface area (TPSA) is 75.7 Å². The highest BCUT2D eigenvalue weighted by atomic mass is 32.2. The van der Waals surface area contributed by atoms with E-state index in [9.17, 15) is 17.6 Å². The summed E-state index contributed by atoms with van der Waals surface area (Å²) in [7, 11) is -3.49. The van der Waals surface area contributed by atoms with Crippen LogP contribution in [0.2, 0.25) is 0 Å². The molecule has 1 saturated heterocycles. The van der Waals surface area contributed by atoms with E-state index in [4.69, 9.17) is 4.74 Å². The molecule has 0 unspecified atom stereocenters. The number of benzene rings is 2. The first-order valence-corrected chi connectivity index (χ1v) is 11.1. The number of nitrogens with zero attached hydrogens (tertiary/aromatic N) is 1. The van der Waals surface area contributed by atoms with Gasteiger partial charge in [0.1, 0.15) is 11.6 Å². The molecule has 1 aliphatic heterocycles. The summed E-state index contributed by atoms with van der Waals surface area (Å²) in [6, 6.07) is 11.7. The van der Waals surface area contributed by atoms with Gasteiger partial charge in [-0.2, -0.15) is 4.31 Å². The van der Waals surface area contributed by atoms with Crippen molar-refractivity contribution >= 4 is 15.9 Å². The first-order chi connectivity index (χ1) is 13.9. The Morgan fingerprint density at radius 1 is 1.07 bits per heavy atom. The minimum absolute atomic E-state index is 0.205. The third-order valence-electron chi connectivity index (χ3n) is 4.89. The second-order valence-corrected chi connectivity index (χ2v) is 9.00. The number of ether oxygens (including phenoxy) is 1. The third-order valence-corrected chi connectivity index (χ3v) is 6.81. The lowest BCUT2D eigenvalue weighted by Gasteiger charge is -2.25. The van der Waals surface area contributed by atoms with E-state index < -0.39 is 10.0 Å². The van der Waals surface area contributed by atoms with Crippen LogP contribution in [0, 0.1) is 5.82 Å². The average Bonchev–Trinajstić information content (AvgIpc) is 2.73. The number of rotatable bonds is 7. The van der Waals surface area contributed by atoms with Gasteiger partial charge in [0.15, 0.2) is 6.61 Å². The fourth-order valence-corrected chi connectivity index (χ4v) is 4.75. The van der Waals surface area contributed by atoms with E-state index in [0.717, 1.165) is 24.8 Å². The van der Waals surface area contributed by atoms with Crippen molar-refractivity contribution in [3.63, 3.8) is 0 Å². The molecule has 29 heavy (non-hydrogen) atoms. The lowest BCUT2D eigenvalue weighted by atomic mass is 10.1. The van der Waals surface area contributed by atoms with E-state index in [0.29, 0.717) is 18.8 Å². The molecule has 1 heterocycles. The predicted octanol–water partition coefficient (Wildman–Crippen LogP) is 3.26. The maximum Gasteiger partial charge on any atom is 0.258 e. The Morgan fingerprint density at radius 2 is 1.69 bits per heavy atom. The zero-order chi connectivity index (χ0) is 20.9. The van der Waals surface area contributed by atoms with Crippen LogP contribution in [-0.2, 0) is 14.8 Å². The number of sulfonamides is 1. The second-order valence-electron chi connectivity index (χ2n) is 7.07. The molecule has 0 radical (unpaired) electrons. The molecule has 1 atom stereocenters. The molecule has 6 nitrogen and oxygen atoms in total. The molecule has 8 heteroatoms. The normalized spacial score (nSPS) is 16.2. The summed E-state index contributed by atoms with van der Waals surface area (Å²) in [6.45, 7) is 2.69. The highest BCUT2D eigenvalue weighted by molar-refractivity contribution is 7.89. The zero-order valence-corrected chi connectivity index (χ0v) is 17.1. The molecule has 0 aromatic heterocycles. The third kappa shape index (κ3) is 5.55. The minimum Gasteiger partial charge on any atom is -0.484 e. The summed E-state index contributed by atoms with van der Waals surface area (Å²) in [5.41, 5.74) is 0.784. The summed E-state index contributed by atoms with van der Waals surface area (Å²) in [5.74, 6) is -0.250. The molecule has 1 fully saturated rings. The molecule has 1 aliphatic rings. The maximum absolute atomic E-state index is 13.0. The standard InChI is InChI=1S/C21H25FN2O4S/c1-16(17-5-7-18(22)8-6-17)23-21(25)15-28-19-9-11-20(12-10-19)29(26,27)24-13-3-2-4-14-24/h5-12,16H,2-4,13-15H2,1H3,(H,23,25)/t16-/m1/s1. The van der Waals surface area contributed by atoms with Gasteiger partial charge in [-0.3, -0.25) is 4.79 Å². The first kappa shape index (κ1) is 21.3. The van der Waals surface area contributed by atoms with Gasteiger partial charge in [-0.1, -0.05) is 18.6 Å². The molecule has 156 valence electrons. The van der Waals surface area contributed by atoms with E-state index in [-0.39, 0.29) is 29.3 Å². The molecule has 0 bridgehead atoms. The Balaban J connectivity index is 1.53. The highest BCUT2D eigenvalue weighted by Gasteiger charge is 2.25. The SMILES string of the molecule is C[C@@H](NC(=O)COc1ccc(S(=O)(=O)N2CCCCC2)cc1)c1ccc(F)cc1. The van der Waals surface area contributed by atoms with E-state index >= 15 is 0 Å². The van der Waals surface area contributed by atoms with Gasteiger partial charge in [0.05, 0.1) is 10.9 Å². The number of carbonyl (C=O) groups excluding carboxylic acids is 1. The van der Waals surface area contributed by atoms with Crippen molar-refractivity contribution in [1.82, 2.24) is 9.62 Å². The van der Waals surface area contributed by atoms with Crippen LogP contribution in [0.5, 0.6) is 5.75 Å². The van der Waals surface area contributed by atoms with Crippen LogP contribution in [0.4, 0.5) is 4.39 Å². The summed E-state index contributed by atoms with van der Waals surface area (Å²) in [5, 5.41) is 2.78. The van der Waals surface area contributed by atoms with Crippen LogP contribution in [0.25, 0.3) is 0 Å². The Morgan fingerprint density at radius 3 is 2.31 bits per heavy atom. The number of halogens is 1. The number of hydrogen-bond acceptors (Lipinski definition) is 4. The van der Waals surface area contributed by atoms with Crippen LogP contribution in [0.3, 0.4) is 0 Å². The molecule has 1 N–H and O–H groups in total. The summed E-state index contributed by atoms with van der Waals surface area (Å²) in [4.78, 5) is 12.3. The van der Waals surface area contributed by atoms with E-state index in [1.165, 1.54) is 28.6 Å². The Labute approximate surface area is 170 Å². The van der Waals surface area contributed by atoms with Gasteiger partial charge >= 0.3 is 0 Å². The summed E-state index contributed by atoms with van der Waals surface area (Å²) in [6.07, 6.45) is 2.82. The van der Waals surface area contributed by atoms with Crippen molar-refractivity contribution in [2.75, 3.05) is 19.7 Å². The lowest BCUT2D eigenvalue weighted by molar-refractivity contribution is -0.123. The number of nitrogens with one attached hydrogen (secondary N) is 1. The molecule has 2 aromatic carbocycles. The molecule has 1 amide bonds. The maximum atomic E-state index is 13.0. The average molecular weight is 421 g/mol. The smallest absolute Gasteiger partial charge is 0.258 e. The molecular formula is C21H25FN2O4S. The van der Waals surface area contributed by atoms with Gasteiger partial charge in [0.2, 0.25) is 10.0 Å². The summed E-state index contributed by atoms with van der Waals surface area (Å²) < 4.78 is 45.2. The fraction of sp³-hybridized carbons (Fsp3) is 0.381. The van der Waals surface area contributed by atoms with Crippen LogP contribution in [0.15, 0.2) is 53.4 Å². The predicted molar refractivity (Wildman–Crippen MR) is 108 cm³/mol. The fourth-order valence-electron chi connectivity index (χ4n) is 3.23. The van der Waals surface area contributed by atoms with Crippen molar-refractivity contribution in [2.24, 2.45) is 0 Å². The van der Waals surface area contributed by atoms with Crippen LogP contribution in [0.1, 0.15) is 37.8 Å². The Bertz CT molecular complexity index is 924. The minimum atomic E-state index is -3.49. The molecule has 0 saturated carbocycles. The van der Waals surface area contributed by atoms with Crippen molar-refractivity contribution in [3.05, 3.63) is 59.9 Å². The Kier molecular flexibility index (Phi) is 6.87. The monoisotopic (exact) mass is 420 g/mol. The second kappa shape index (κ2) is 9.37. The van der Waals surface area contributed by atoms with E-state index in [2.05, 4.69) is 5.32 Å². The lowest BCUT2D eigenvalue weighted by Crippen LogP contribution is -2.35. The zero-order valence-electron chi connectivity index (χ0n) is 16.3. The quantitative estimate of drug-likeness (QED) is 0.746. The van der Waals surface area contributed by atoms with Gasteiger partial charge in [-0.05, 0) is 61.7 Å². The van der Waals surface area contributed by atoms with E-state index in [1.54, 1.807) is 31.2 Å². The Hall–Kier alpha value is -2.45. The van der Waals surface area contributed by atoms with Crippen LogP contribution < -0.4 is 10.1 Å². The molecule has 2 aromatic rings. The first-order valence-electron chi connectivity index (χ1n) is 9.64. The van der Waals surface area contributed by atoms with Crippen molar-refractivity contribution in [3.8, 4) is 5.75 Å². The van der Waals surface area contributed by atoms with Crippen molar-refractivity contribution < 1.29 is 22.3 Å². The van der Waals surface area contributed by atoms with E-state index in [1.807, 2.05) is 0 Å². The van der Waals surface area contributed by atoms with Crippen molar-refractivity contribution in [2.45, 2.75) is 37.1 Å². The molecule has 3 rings (SSSR count). The summed E-state index contributed by atoms with van der Waals surface area (Å²) >= 11 is 0. The highest BCUT2D eigenvalue weighted by Crippen LogP contribution is 2.22. The van der Waals surface area contributed by atoms with Gasteiger partial charge < -0.3 is 10.1 Å². The molecular weight excluding hydrogens is 395 g/mol. The number of carbonyl (C=O) groups is 1. The van der Waals surface area contributed by atoms with Gasteiger partial charge in [0.25, 0.3) is 5.91 Å². The number of piperidine rings is 1. The largest absolute Gasteiger partial charge is 0.484 e. The van der Waals surface area contributed by atoms with Gasteiger partial charge in [0, 0.05) is 13.1 Å². The number of hydrogen-bond donors (Lipinski definition) is 1. The van der Waals surface area contributed by atoms with Gasteiger partial charge in [-0.25, -0.2) is 12.8 Å². The van der Waals surface area contributed by atoms with Crippen molar-refractivity contribution in [1.29, 1.82) is 0 Å². The molecule has 0 spiro atoms.